The Labute approximate surface area is 242 Å². The van der Waals surface area contributed by atoms with Crippen molar-refractivity contribution < 1.29 is 8.78 Å². The van der Waals surface area contributed by atoms with Crippen molar-refractivity contribution in [3.05, 3.63) is 188 Å². The minimum Gasteiger partial charge on any atom is -0.325 e. The lowest BCUT2D eigenvalue weighted by Gasteiger charge is -2.06. The monoisotopic (exact) mass is 558 g/mol. The highest BCUT2D eigenvalue weighted by atomic mass is 19.1. The molecule has 2 aromatic heterocycles. The van der Waals surface area contributed by atoms with Gasteiger partial charge < -0.3 is 9.97 Å². The van der Waals surface area contributed by atoms with Gasteiger partial charge in [0.1, 0.15) is 11.6 Å². The largest absolute Gasteiger partial charge is 0.325 e. The van der Waals surface area contributed by atoms with Crippen LogP contribution in [0.15, 0.2) is 143 Å². The molecule has 0 bridgehead atoms. The number of hydrogen-bond acceptors (Lipinski definition) is 2. The number of H-pyrrole nitrogens is 2. The average molecular weight is 559 g/mol. The maximum absolute atomic E-state index is 14.3. The molecule has 0 unspecified atom stereocenters. The van der Waals surface area contributed by atoms with Crippen molar-refractivity contribution >= 4 is 0 Å². The van der Waals surface area contributed by atoms with Crippen LogP contribution in [0.3, 0.4) is 0 Å². The third-order valence-corrected chi connectivity index (χ3v) is 6.68. The summed E-state index contributed by atoms with van der Waals surface area (Å²) < 4.78 is 28.6. The lowest BCUT2D eigenvalue weighted by atomic mass is 10.0. The van der Waals surface area contributed by atoms with Crippen LogP contribution in [0.2, 0.25) is 0 Å². The number of aromatic nitrogens is 2. The van der Waals surface area contributed by atoms with Crippen molar-refractivity contribution in [2.75, 3.05) is 0 Å². The summed E-state index contributed by atoms with van der Waals surface area (Å²) in [5.41, 5.74) is 3.76. The molecule has 6 heteroatoms. The molecule has 0 saturated carbocycles. The van der Waals surface area contributed by atoms with Crippen LogP contribution >= 0.6 is 0 Å². The fraction of sp³-hybridized carbons (Fsp3) is 0.0556. The highest BCUT2D eigenvalue weighted by Gasteiger charge is 2.13. The summed E-state index contributed by atoms with van der Waals surface area (Å²) in [5, 5.41) is 0. The van der Waals surface area contributed by atoms with Gasteiger partial charge >= 0.3 is 0 Å². The van der Waals surface area contributed by atoms with Gasteiger partial charge in [-0.15, -0.1) is 0 Å². The van der Waals surface area contributed by atoms with E-state index in [1.54, 1.807) is 48.5 Å². The first-order valence-electron chi connectivity index (χ1n) is 13.5. The molecule has 4 nitrogen and oxygen atoms in total. The summed E-state index contributed by atoms with van der Waals surface area (Å²) in [7, 11) is 0. The lowest BCUT2D eigenvalue weighted by Crippen LogP contribution is -2.14. The zero-order chi connectivity index (χ0) is 29.3. The number of hydrogen-bond donors (Lipinski definition) is 2. The van der Waals surface area contributed by atoms with Crippen LogP contribution in [0.1, 0.15) is 22.5 Å². The summed E-state index contributed by atoms with van der Waals surface area (Å²) >= 11 is 0. The van der Waals surface area contributed by atoms with E-state index in [0.717, 1.165) is 11.1 Å². The number of pyridine rings is 2. The maximum Gasteiger partial charge on any atom is 0.259 e. The summed E-state index contributed by atoms with van der Waals surface area (Å²) in [4.78, 5) is 29.8. The maximum atomic E-state index is 14.3. The van der Waals surface area contributed by atoms with Crippen LogP contribution in [-0.2, 0) is 12.8 Å². The van der Waals surface area contributed by atoms with E-state index in [9.17, 15) is 18.4 Å². The van der Waals surface area contributed by atoms with Crippen molar-refractivity contribution in [2.45, 2.75) is 12.8 Å². The molecule has 0 aliphatic rings. The third kappa shape index (κ3) is 7.04. The summed E-state index contributed by atoms with van der Waals surface area (Å²) in [6, 6.07) is 39.8. The van der Waals surface area contributed by atoms with Gasteiger partial charge in [0.15, 0.2) is 0 Å². The van der Waals surface area contributed by atoms with Gasteiger partial charge in [0.25, 0.3) is 11.1 Å². The first-order valence-corrected chi connectivity index (χ1v) is 13.5. The smallest absolute Gasteiger partial charge is 0.259 e. The second kappa shape index (κ2) is 13.3. The molecule has 0 amide bonds. The van der Waals surface area contributed by atoms with Crippen LogP contribution in [0.25, 0.3) is 22.3 Å². The topological polar surface area (TPSA) is 65.7 Å². The summed E-state index contributed by atoms with van der Waals surface area (Å²) in [6.45, 7) is 0. The minimum atomic E-state index is -0.490. The zero-order valence-electron chi connectivity index (χ0n) is 22.7. The number of benzene rings is 4. The highest BCUT2D eigenvalue weighted by Crippen LogP contribution is 2.20. The SMILES string of the molecule is O=c1[nH]c(Cc2ccccc2)cc(F)c1-c1ccccc1.O=c1[nH]c(Cc2ccccc2)cc(F)c1-c1ccccc1. The Morgan fingerprint density at radius 3 is 1.07 bits per heavy atom. The van der Waals surface area contributed by atoms with E-state index in [0.29, 0.717) is 35.4 Å². The first kappa shape index (κ1) is 28.2. The quantitative estimate of drug-likeness (QED) is 0.222. The van der Waals surface area contributed by atoms with E-state index in [1.165, 1.54) is 12.1 Å². The third-order valence-electron chi connectivity index (χ3n) is 6.68. The molecule has 6 rings (SSSR count). The Kier molecular flexibility index (Phi) is 8.94. The van der Waals surface area contributed by atoms with Crippen LogP contribution in [-0.4, -0.2) is 9.97 Å². The summed E-state index contributed by atoms with van der Waals surface area (Å²) in [5.74, 6) is -0.980. The van der Waals surface area contributed by atoms with Crippen LogP contribution in [0, 0.1) is 11.6 Å². The van der Waals surface area contributed by atoms with Crippen molar-refractivity contribution in [3.63, 3.8) is 0 Å². The molecule has 0 fully saturated rings. The summed E-state index contributed by atoms with van der Waals surface area (Å²) in [6.07, 6.45) is 1.00. The molecule has 0 aliphatic heterocycles. The Morgan fingerprint density at radius 2 is 0.762 bits per heavy atom. The highest BCUT2D eigenvalue weighted by molar-refractivity contribution is 5.64. The molecule has 0 saturated heterocycles. The molecule has 6 aromatic rings. The van der Waals surface area contributed by atoms with E-state index >= 15 is 0 Å². The standard InChI is InChI=1S/2C18H14FNO/c2*19-16-12-15(11-13-7-3-1-4-8-13)20-18(21)17(16)14-9-5-2-6-10-14/h2*1-10,12H,11H2,(H,20,21). The van der Waals surface area contributed by atoms with Crippen LogP contribution in [0.5, 0.6) is 0 Å². The Bertz CT molecular complexity index is 1730. The fourth-order valence-electron chi connectivity index (χ4n) is 4.73. The molecule has 0 spiro atoms. The van der Waals surface area contributed by atoms with Crippen molar-refractivity contribution in [1.82, 2.24) is 9.97 Å². The van der Waals surface area contributed by atoms with Crippen molar-refractivity contribution in [3.8, 4) is 22.3 Å². The lowest BCUT2D eigenvalue weighted by molar-refractivity contribution is 0.624. The van der Waals surface area contributed by atoms with Crippen molar-refractivity contribution in [1.29, 1.82) is 0 Å². The molecule has 0 atom stereocenters. The molecule has 2 heterocycles. The van der Waals surface area contributed by atoms with Crippen LogP contribution < -0.4 is 11.1 Å². The van der Waals surface area contributed by atoms with E-state index < -0.39 is 22.8 Å². The number of halogens is 2. The minimum absolute atomic E-state index is 0.0902. The molecular weight excluding hydrogens is 530 g/mol. The average Bonchev–Trinajstić information content (AvgIpc) is 2.99. The number of nitrogens with one attached hydrogen (secondary N) is 2. The van der Waals surface area contributed by atoms with Gasteiger partial charge in [-0.3, -0.25) is 9.59 Å². The Morgan fingerprint density at radius 1 is 0.452 bits per heavy atom. The van der Waals surface area contributed by atoms with Crippen molar-refractivity contribution in [2.24, 2.45) is 0 Å². The van der Waals surface area contributed by atoms with Gasteiger partial charge in [-0.2, -0.15) is 0 Å². The molecular formula is C36H28F2N2O2. The molecule has 2 N–H and O–H groups in total. The van der Waals surface area contributed by atoms with Gasteiger partial charge in [-0.25, -0.2) is 8.78 Å². The molecule has 0 radical (unpaired) electrons. The predicted molar refractivity (Wildman–Crippen MR) is 163 cm³/mol. The van der Waals surface area contributed by atoms with E-state index in [4.69, 9.17) is 0 Å². The molecule has 0 aliphatic carbocycles. The first-order chi connectivity index (χ1) is 20.5. The van der Waals surface area contributed by atoms with Gasteiger partial charge in [0.05, 0.1) is 11.1 Å². The molecule has 4 aromatic carbocycles. The van der Waals surface area contributed by atoms with Gasteiger partial charge in [-0.1, -0.05) is 121 Å². The van der Waals surface area contributed by atoms with Gasteiger partial charge in [-0.05, 0) is 34.4 Å². The molecule has 208 valence electrons. The fourth-order valence-corrected chi connectivity index (χ4v) is 4.73. The Hall–Kier alpha value is -5.36. The Balaban J connectivity index is 0.000000168. The number of rotatable bonds is 6. The second-order valence-corrected chi connectivity index (χ2v) is 9.75. The zero-order valence-corrected chi connectivity index (χ0v) is 22.7. The van der Waals surface area contributed by atoms with E-state index in [2.05, 4.69) is 9.97 Å². The predicted octanol–water partition coefficient (Wildman–Crippen LogP) is 7.54. The molecule has 42 heavy (non-hydrogen) atoms. The normalized spacial score (nSPS) is 10.5. The second-order valence-electron chi connectivity index (χ2n) is 9.75. The number of aromatic amines is 2. The van der Waals surface area contributed by atoms with E-state index in [1.807, 2.05) is 72.8 Å². The van der Waals surface area contributed by atoms with Gasteiger partial charge in [0, 0.05) is 24.2 Å². The van der Waals surface area contributed by atoms with E-state index in [-0.39, 0.29) is 11.1 Å². The van der Waals surface area contributed by atoms with Gasteiger partial charge in [0.2, 0.25) is 0 Å². The van der Waals surface area contributed by atoms with Crippen LogP contribution in [0.4, 0.5) is 8.78 Å².